The van der Waals surface area contributed by atoms with Crippen molar-refractivity contribution in [2.24, 2.45) is 4.99 Å². The summed E-state index contributed by atoms with van der Waals surface area (Å²) >= 11 is 17.7. The lowest BCUT2D eigenvalue weighted by molar-refractivity contribution is -0.119. The Balaban J connectivity index is 0.000000103. The molecule has 3 aromatic heterocycles. The van der Waals surface area contributed by atoms with Crippen LogP contribution in [0.15, 0.2) is 252 Å². The van der Waals surface area contributed by atoms with Crippen LogP contribution in [-0.4, -0.2) is 40.4 Å². The molecule has 1 fully saturated rings. The highest BCUT2D eigenvalue weighted by molar-refractivity contribution is 9.11. The van der Waals surface area contributed by atoms with E-state index in [-0.39, 0.29) is 18.0 Å². The highest BCUT2D eigenvalue weighted by Gasteiger charge is 2.30. The Bertz CT molecular complexity index is 4150. The smallest absolute Gasteiger partial charge is 0.220 e. The molecule has 12 aromatic rings. The first-order valence-corrected chi connectivity index (χ1v) is 34.4. The van der Waals surface area contributed by atoms with Crippen LogP contribution in [0.25, 0.3) is 33.1 Å². The lowest BCUT2D eigenvalue weighted by atomic mass is 10.0. The second kappa shape index (κ2) is 27.9. The largest absolute Gasteiger partial charge is 0.349 e. The van der Waals surface area contributed by atoms with Crippen molar-refractivity contribution in [2.45, 2.75) is 94.4 Å². The standard InChI is InChI=1S/C16H14Br2N2.3C16H13BrN2.C10H11NO/c17-12-6-7-15(13(18)10-12)20-16-9-8-14(19-16)11-4-2-1-3-5-11;3*17-12-6-7-13-15(10-12)19-14(8-9-16(19)18-13)11-4-2-1-3-5-11;12-10-7-6-9(11-10)8-4-2-1-3-5-8/h1-7,10,14H,8-9H2,(H,19,20);3*1-7,10,14H,8-9H2;1-5,9H,6-7H2,(H,11,12)/t;2*14-;;/m.10../s1. The summed E-state index contributed by atoms with van der Waals surface area (Å²) in [5.74, 6) is 4.86. The lowest BCUT2D eigenvalue weighted by Crippen LogP contribution is -2.17. The van der Waals surface area contributed by atoms with Gasteiger partial charge in [-0.1, -0.05) is 215 Å². The van der Waals surface area contributed by atoms with Crippen molar-refractivity contribution in [3.63, 3.8) is 0 Å². The van der Waals surface area contributed by atoms with Crippen LogP contribution in [0, 0.1) is 0 Å². The molecule has 17 rings (SSSR count). The van der Waals surface area contributed by atoms with Gasteiger partial charge in [-0.2, -0.15) is 0 Å². The zero-order valence-corrected chi connectivity index (χ0v) is 56.7. The topological polar surface area (TPSA) is 107 Å². The van der Waals surface area contributed by atoms with Crippen LogP contribution in [0.4, 0.5) is 5.69 Å². The quantitative estimate of drug-likeness (QED) is 0.172. The Labute approximate surface area is 561 Å². The van der Waals surface area contributed by atoms with Crippen molar-refractivity contribution < 1.29 is 4.79 Å². The lowest BCUT2D eigenvalue weighted by Gasteiger charge is -2.14. The molecule has 8 heterocycles. The first-order valence-electron chi connectivity index (χ1n) is 30.4. The summed E-state index contributed by atoms with van der Waals surface area (Å²) < 4.78 is 12.6. The summed E-state index contributed by atoms with van der Waals surface area (Å²) in [6.07, 6.45) is 10.3. The van der Waals surface area contributed by atoms with Gasteiger partial charge in [-0.25, -0.2) is 15.0 Å². The summed E-state index contributed by atoms with van der Waals surface area (Å²) in [6.45, 7) is 0. The van der Waals surface area contributed by atoms with Gasteiger partial charge in [0.15, 0.2) is 0 Å². The van der Waals surface area contributed by atoms with E-state index in [0.717, 1.165) is 108 Å². The second-order valence-electron chi connectivity index (χ2n) is 22.8. The number of carbonyl (C=O) groups excluding carboxylic acids is 1. The SMILES string of the molecule is Brc1ccc(NC2=NC(c3ccccc3)CC2)c(Br)c1.Brc1ccc2nc3n(c2c1)C(c1ccccc1)CC3.Brc1ccc2nc3n(c2c1)[C@@H](c1ccccc1)CC3.Brc1ccc2nc3n(c2c1)[C@H](c1ccccc1)CC3.O=C1CCC(c2ccccc2)N1. The van der Waals surface area contributed by atoms with E-state index in [0.29, 0.717) is 24.5 Å². The molecule has 0 aliphatic carbocycles. The number of imidazole rings is 3. The number of nitrogens with zero attached hydrogens (tertiary/aromatic N) is 7. The minimum Gasteiger partial charge on any atom is -0.349 e. The predicted molar refractivity (Wildman–Crippen MR) is 379 cm³/mol. The number of rotatable bonds is 6. The molecule has 2 N–H and O–H groups in total. The van der Waals surface area contributed by atoms with Crippen LogP contribution in [0.1, 0.15) is 120 Å². The molecular weight excluding hydrogens is 1430 g/mol. The summed E-state index contributed by atoms with van der Waals surface area (Å²) in [4.78, 5) is 30.0. The van der Waals surface area contributed by atoms with E-state index < -0.39 is 0 Å². The molecule has 0 bridgehead atoms. The molecule has 9 aromatic carbocycles. The van der Waals surface area contributed by atoms with Crippen LogP contribution in [0.3, 0.4) is 0 Å². The van der Waals surface area contributed by atoms with Crippen molar-refractivity contribution in [3.8, 4) is 0 Å². The van der Waals surface area contributed by atoms with E-state index in [9.17, 15) is 4.79 Å². The normalized spacial score (nSPS) is 18.5. The number of aromatic nitrogens is 6. The van der Waals surface area contributed by atoms with Crippen LogP contribution in [0.2, 0.25) is 0 Å². The van der Waals surface area contributed by atoms with Crippen molar-refractivity contribution in [1.29, 1.82) is 0 Å². The monoisotopic (exact) mass is 1490 g/mol. The number of aryl methyl sites for hydroxylation is 3. The first kappa shape index (κ1) is 60.6. The number of amides is 1. The molecule has 5 atom stereocenters. The maximum atomic E-state index is 10.9. The number of fused-ring (bicyclic) bond motifs is 9. The van der Waals surface area contributed by atoms with Gasteiger partial charge in [0.25, 0.3) is 0 Å². The summed E-state index contributed by atoms with van der Waals surface area (Å²) in [5.41, 5.74) is 14.7. The van der Waals surface area contributed by atoms with Gasteiger partial charge in [0, 0.05) is 54.5 Å². The zero-order chi connectivity index (χ0) is 60.8. The third-order valence-corrected chi connectivity index (χ3v) is 19.8. The van der Waals surface area contributed by atoms with Gasteiger partial charge in [0.05, 0.1) is 69.0 Å². The molecule has 15 heteroatoms. The number of carbonyl (C=O) groups is 1. The van der Waals surface area contributed by atoms with Crippen molar-refractivity contribution >= 4 is 130 Å². The Morgan fingerprint density at radius 3 is 1.13 bits per heavy atom. The maximum Gasteiger partial charge on any atom is 0.220 e. The van der Waals surface area contributed by atoms with Crippen LogP contribution < -0.4 is 10.6 Å². The zero-order valence-electron chi connectivity index (χ0n) is 48.7. The molecule has 10 nitrogen and oxygen atoms in total. The maximum absolute atomic E-state index is 10.9. The van der Waals surface area contributed by atoms with Gasteiger partial charge in [-0.15, -0.1) is 0 Å². The number of anilines is 1. The summed E-state index contributed by atoms with van der Waals surface area (Å²) in [5, 5.41) is 6.35. The van der Waals surface area contributed by atoms with Crippen molar-refractivity contribution in [3.05, 3.63) is 292 Å². The Morgan fingerprint density at radius 1 is 0.382 bits per heavy atom. The second-order valence-corrected chi connectivity index (χ2v) is 27.4. The number of aliphatic imine (C=N–C) groups is 1. The van der Waals surface area contributed by atoms with Gasteiger partial charge in [-0.3, -0.25) is 9.79 Å². The highest BCUT2D eigenvalue weighted by atomic mass is 79.9. The molecule has 1 saturated heterocycles. The fraction of sp³-hybridized carbons (Fsp3) is 0.203. The van der Waals surface area contributed by atoms with E-state index in [2.05, 4.69) is 286 Å². The number of hydrogen-bond acceptors (Lipinski definition) is 6. The highest BCUT2D eigenvalue weighted by Crippen LogP contribution is 2.40. The van der Waals surface area contributed by atoms with Gasteiger partial charge in [0.1, 0.15) is 23.3 Å². The fourth-order valence-electron chi connectivity index (χ4n) is 13.0. The Kier molecular flexibility index (Phi) is 19.0. The van der Waals surface area contributed by atoms with Crippen molar-refractivity contribution in [1.82, 2.24) is 34.0 Å². The molecule has 446 valence electrons. The van der Waals surface area contributed by atoms with Gasteiger partial charge < -0.3 is 24.3 Å². The number of benzene rings is 9. The van der Waals surface area contributed by atoms with Gasteiger partial charge in [-0.05, 0) is 149 Å². The Morgan fingerprint density at radius 2 is 0.753 bits per heavy atom. The number of nitrogens with one attached hydrogen (secondary N) is 2. The number of amidine groups is 1. The van der Waals surface area contributed by atoms with E-state index in [4.69, 9.17) is 19.9 Å². The van der Waals surface area contributed by atoms with Crippen LogP contribution in [0.5, 0.6) is 0 Å². The molecular formula is C74H64Br5N9O. The molecule has 5 aliphatic heterocycles. The molecule has 0 saturated carbocycles. The van der Waals surface area contributed by atoms with Crippen LogP contribution in [-0.2, 0) is 24.1 Å². The molecule has 0 radical (unpaired) electrons. The first-order chi connectivity index (χ1) is 43.6. The summed E-state index contributed by atoms with van der Waals surface area (Å²) in [7, 11) is 0. The predicted octanol–water partition coefficient (Wildman–Crippen LogP) is 20.2. The average Bonchev–Trinajstić information content (AvgIpc) is 2.40. The van der Waals surface area contributed by atoms with E-state index in [1.165, 1.54) is 61.8 Å². The van der Waals surface area contributed by atoms with E-state index >= 15 is 0 Å². The van der Waals surface area contributed by atoms with E-state index in [1.54, 1.807) is 0 Å². The van der Waals surface area contributed by atoms with Crippen molar-refractivity contribution in [2.75, 3.05) is 5.32 Å². The minimum atomic E-state index is 0.170. The molecule has 5 aliphatic rings. The third-order valence-electron chi connectivity index (χ3n) is 17.1. The number of hydrogen-bond donors (Lipinski definition) is 2. The molecule has 89 heavy (non-hydrogen) atoms. The Hall–Kier alpha value is -7.27. The fourth-order valence-corrected chi connectivity index (χ4v) is 15.2. The van der Waals surface area contributed by atoms with Gasteiger partial charge >= 0.3 is 0 Å². The third kappa shape index (κ3) is 13.9. The minimum absolute atomic E-state index is 0.170. The van der Waals surface area contributed by atoms with Crippen LogP contribution >= 0.6 is 79.6 Å². The van der Waals surface area contributed by atoms with E-state index in [1.807, 2.05) is 42.5 Å². The summed E-state index contributed by atoms with van der Waals surface area (Å²) in [6, 6.07) is 79.6. The molecule has 3 unspecified atom stereocenters. The molecule has 0 spiro atoms. The number of halogens is 5. The molecule has 1 amide bonds. The van der Waals surface area contributed by atoms with Gasteiger partial charge in [0.2, 0.25) is 5.91 Å². The average molecular weight is 1490 g/mol.